The van der Waals surface area contributed by atoms with Crippen LogP contribution in [-0.2, 0) is 9.59 Å². The Hall–Kier alpha value is -2.33. The number of anilines is 1. The molecule has 0 saturated heterocycles. The molecule has 0 bridgehead atoms. The number of aliphatic carboxylic acids is 1. The van der Waals surface area contributed by atoms with Crippen LogP contribution < -0.4 is 4.90 Å². The van der Waals surface area contributed by atoms with Crippen LogP contribution in [0.3, 0.4) is 0 Å². The summed E-state index contributed by atoms with van der Waals surface area (Å²) in [7, 11) is 0. The summed E-state index contributed by atoms with van der Waals surface area (Å²) in [5, 5.41) is 18.9. The fourth-order valence-corrected chi connectivity index (χ4v) is 4.04. The van der Waals surface area contributed by atoms with Crippen molar-refractivity contribution in [2.24, 2.45) is 17.3 Å². The minimum Gasteiger partial charge on any atom is -0.480 e. The lowest BCUT2D eigenvalue weighted by molar-refractivity contribution is -0.137. The van der Waals surface area contributed by atoms with Crippen molar-refractivity contribution in [3.8, 4) is 11.8 Å². The highest BCUT2D eigenvalue weighted by molar-refractivity contribution is 7.15. The number of rotatable bonds is 5. The molecule has 1 aliphatic carbocycles. The maximum absolute atomic E-state index is 13.1. The van der Waals surface area contributed by atoms with Crippen LogP contribution in [0.25, 0.3) is 0 Å². The fourth-order valence-electron chi connectivity index (χ4n) is 3.19. The molecule has 1 amide bonds. The lowest BCUT2D eigenvalue weighted by Crippen LogP contribution is -2.41. The summed E-state index contributed by atoms with van der Waals surface area (Å²) in [5.74, 6) is 3.58. The molecular formula is C21H27NO5S. The van der Waals surface area contributed by atoms with E-state index in [2.05, 4.69) is 18.8 Å². The highest BCUT2D eigenvalue weighted by Crippen LogP contribution is 2.35. The number of carbonyl (C=O) groups excluding carboxylic acids is 1. The summed E-state index contributed by atoms with van der Waals surface area (Å²) >= 11 is 0.968. The molecule has 0 radical (unpaired) electrons. The minimum absolute atomic E-state index is 0.0583. The van der Waals surface area contributed by atoms with Gasteiger partial charge in [0, 0.05) is 11.3 Å². The molecule has 1 aliphatic rings. The zero-order valence-electron chi connectivity index (χ0n) is 16.7. The van der Waals surface area contributed by atoms with E-state index in [1.807, 2.05) is 20.8 Å². The number of carbonyl (C=O) groups is 3. The molecule has 7 heteroatoms. The number of amides is 1. The first-order chi connectivity index (χ1) is 13.0. The van der Waals surface area contributed by atoms with Gasteiger partial charge in [-0.05, 0) is 58.4 Å². The zero-order chi connectivity index (χ0) is 21.1. The van der Waals surface area contributed by atoms with Crippen molar-refractivity contribution < 1.29 is 24.6 Å². The molecule has 0 spiro atoms. The van der Waals surface area contributed by atoms with Gasteiger partial charge in [-0.1, -0.05) is 18.8 Å². The molecule has 0 aliphatic heterocycles. The van der Waals surface area contributed by atoms with Crippen molar-refractivity contribution in [2.75, 3.05) is 11.4 Å². The maximum atomic E-state index is 13.1. The van der Waals surface area contributed by atoms with Gasteiger partial charge < -0.3 is 10.2 Å². The third-order valence-corrected chi connectivity index (χ3v) is 5.71. The van der Waals surface area contributed by atoms with Crippen LogP contribution in [-0.4, -0.2) is 34.6 Å². The van der Waals surface area contributed by atoms with Crippen LogP contribution in [0.15, 0.2) is 6.07 Å². The van der Waals surface area contributed by atoms with Crippen molar-refractivity contribution in [1.29, 1.82) is 0 Å². The van der Waals surface area contributed by atoms with E-state index in [1.54, 1.807) is 0 Å². The molecule has 1 heterocycles. The van der Waals surface area contributed by atoms with E-state index in [-0.39, 0.29) is 27.8 Å². The van der Waals surface area contributed by atoms with Gasteiger partial charge >= 0.3 is 11.9 Å². The van der Waals surface area contributed by atoms with E-state index < -0.39 is 18.5 Å². The smallest absolute Gasteiger partial charge is 0.348 e. The van der Waals surface area contributed by atoms with Gasteiger partial charge in [0.1, 0.15) is 11.4 Å². The van der Waals surface area contributed by atoms with Crippen molar-refractivity contribution in [2.45, 2.75) is 53.4 Å². The summed E-state index contributed by atoms with van der Waals surface area (Å²) in [6.07, 6.45) is 3.21. The minimum atomic E-state index is -1.19. The second kappa shape index (κ2) is 8.78. The summed E-state index contributed by atoms with van der Waals surface area (Å²) in [6, 6.07) is 1.53. The monoisotopic (exact) mass is 405 g/mol. The standard InChI is InChI=1S/C21H27NO5S/c1-13-5-7-14(8-6-13)19(25)22(12-17(23)24)16-11-15(9-10-21(2,3)4)28-18(16)20(26)27/h11,13-14H,5-8,12H2,1-4H3,(H,23,24)(H,26,27)/t13-,14-. The number of thiophene rings is 1. The molecule has 1 aromatic rings. The topological polar surface area (TPSA) is 94.9 Å². The summed E-state index contributed by atoms with van der Waals surface area (Å²) < 4.78 is 0. The van der Waals surface area contributed by atoms with Crippen LogP contribution in [0.2, 0.25) is 0 Å². The Bertz CT molecular complexity index is 816. The second-order valence-corrected chi connectivity index (χ2v) is 9.46. The normalized spacial score (nSPS) is 19.4. The molecule has 0 atom stereocenters. The Morgan fingerprint density at radius 3 is 2.29 bits per heavy atom. The zero-order valence-corrected chi connectivity index (χ0v) is 17.6. The van der Waals surface area contributed by atoms with E-state index in [0.29, 0.717) is 23.6 Å². The highest BCUT2D eigenvalue weighted by Gasteiger charge is 2.33. The van der Waals surface area contributed by atoms with Crippen LogP contribution in [0.4, 0.5) is 5.69 Å². The van der Waals surface area contributed by atoms with Gasteiger partial charge in [-0.25, -0.2) is 4.79 Å². The van der Waals surface area contributed by atoms with Gasteiger partial charge in [0.2, 0.25) is 5.91 Å². The SMILES string of the molecule is CC(C)(C)C#Cc1cc(N(CC(=O)O)C(=O)[C@H]2CC[C@H](C)CC2)c(C(=O)O)s1. The molecule has 0 unspecified atom stereocenters. The average Bonchev–Trinajstić information content (AvgIpc) is 3.01. The quantitative estimate of drug-likeness (QED) is 0.720. The molecule has 1 fully saturated rings. The highest BCUT2D eigenvalue weighted by atomic mass is 32.1. The number of hydrogen-bond donors (Lipinski definition) is 2. The van der Waals surface area contributed by atoms with E-state index >= 15 is 0 Å². The first-order valence-corrected chi connectivity index (χ1v) is 10.2. The van der Waals surface area contributed by atoms with Gasteiger partial charge in [0.05, 0.1) is 10.6 Å². The fraction of sp³-hybridized carbons (Fsp3) is 0.571. The van der Waals surface area contributed by atoms with Crippen molar-refractivity contribution in [1.82, 2.24) is 0 Å². The molecular weight excluding hydrogens is 378 g/mol. The Labute approximate surface area is 169 Å². The molecule has 6 nitrogen and oxygen atoms in total. The molecule has 2 N–H and O–H groups in total. The van der Waals surface area contributed by atoms with Crippen LogP contribution in [0, 0.1) is 29.1 Å². The van der Waals surface area contributed by atoms with Gasteiger partial charge in [0.25, 0.3) is 0 Å². The Balaban J connectivity index is 2.42. The molecule has 28 heavy (non-hydrogen) atoms. The van der Waals surface area contributed by atoms with E-state index in [4.69, 9.17) is 0 Å². The van der Waals surface area contributed by atoms with Gasteiger partial charge in [-0.15, -0.1) is 11.3 Å². The summed E-state index contributed by atoms with van der Waals surface area (Å²) in [6.45, 7) is 7.40. The van der Waals surface area contributed by atoms with Crippen LogP contribution >= 0.6 is 11.3 Å². The predicted molar refractivity (Wildman–Crippen MR) is 109 cm³/mol. The van der Waals surface area contributed by atoms with Gasteiger partial charge in [0.15, 0.2) is 0 Å². The van der Waals surface area contributed by atoms with Crippen molar-refractivity contribution in [3.05, 3.63) is 15.8 Å². The first kappa shape index (κ1) is 22.0. The van der Waals surface area contributed by atoms with Gasteiger partial charge in [-0.2, -0.15) is 0 Å². The first-order valence-electron chi connectivity index (χ1n) is 9.41. The lowest BCUT2D eigenvalue weighted by atomic mass is 9.82. The largest absolute Gasteiger partial charge is 0.480 e. The average molecular weight is 406 g/mol. The molecule has 1 saturated carbocycles. The molecule has 2 rings (SSSR count). The van der Waals surface area contributed by atoms with Crippen LogP contribution in [0.1, 0.15) is 67.9 Å². The number of nitrogens with zero attached hydrogens (tertiary/aromatic N) is 1. The second-order valence-electron chi connectivity index (χ2n) is 8.41. The number of carboxylic acids is 2. The third-order valence-electron chi connectivity index (χ3n) is 4.68. The summed E-state index contributed by atoms with van der Waals surface area (Å²) in [4.78, 5) is 37.8. The van der Waals surface area contributed by atoms with E-state index in [0.717, 1.165) is 29.1 Å². The molecule has 1 aromatic heterocycles. The predicted octanol–water partition coefficient (Wildman–Crippen LogP) is 4.09. The van der Waals surface area contributed by atoms with Crippen molar-refractivity contribution >= 4 is 34.9 Å². The Kier molecular flexibility index (Phi) is 6.89. The van der Waals surface area contributed by atoms with Gasteiger partial charge in [-0.3, -0.25) is 14.5 Å². The van der Waals surface area contributed by atoms with Crippen molar-refractivity contribution in [3.63, 3.8) is 0 Å². The lowest BCUT2D eigenvalue weighted by Gasteiger charge is -2.30. The maximum Gasteiger partial charge on any atom is 0.348 e. The molecule has 152 valence electrons. The number of carboxylic acid groups (broad SMARTS) is 2. The Morgan fingerprint density at radius 1 is 1.18 bits per heavy atom. The third kappa shape index (κ3) is 5.83. The summed E-state index contributed by atoms with van der Waals surface area (Å²) in [5.41, 5.74) is -0.134. The van der Waals surface area contributed by atoms with Crippen LogP contribution in [0.5, 0.6) is 0 Å². The molecule has 0 aromatic carbocycles. The number of hydrogen-bond acceptors (Lipinski definition) is 4. The number of aromatic carboxylic acids is 1. The Morgan fingerprint density at radius 2 is 1.79 bits per heavy atom. The van der Waals surface area contributed by atoms with E-state index in [9.17, 15) is 24.6 Å². The van der Waals surface area contributed by atoms with E-state index in [1.165, 1.54) is 6.07 Å².